The maximum Gasteiger partial charge on any atom is 0.135 e. The van der Waals surface area contributed by atoms with Crippen molar-refractivity contribution in [3.05, 3.63) is 17.6 Å². The van der Waals surface area contributed by atoms with Crippen LogP contribution in [0.15, 0.2) is 6.20 Å². The molecule has 0 aromatic carbocycles. The number of hydrogen-bond acceptors (Lipinski definition) is 6. The van der Waals surface area contributed by atoms with Crippen LogP contribution in [0.1, 0.15) is 51.4 Å². The molecule has 3 heterocycles. The molecule has 2 aliphatic heterocycles. The average molecular weight is 376 g/mol. The van der Waals surface area contributed by atoms with Gasteiger partial charge < -0.3 is 14.9 Å². The quantitative estimate of drug-likeness (QED) is 0.822. The van der Waals surface area contributed by atoms with Crippen LogP contribution in [-0.4, -0.2) is 82.3 Å². The second-order valence-electron chi connectivity index (χ2n) is 8.33. The highest BCUT2D eigenvalue weighted by Crippen LogP contribution is 2.27. The molecule has 6 nitrogen and oxygen atoms in total. The SMILES string of the molecule is CCc1cnc(C)nc1N1CCN(C2CCN(C(C)C)CC2)[C@@H](CCO)C1. The van der Waals surface area contributed by atoms with Crippen molar-refractivity contribution in [2.75, 3.05) is 44.2 Å². The Morgan fingerprint density at radius 2 is 1.93 bits per heavy atom. The molecule has 2 aliphatic rings. The van der Waals surface area contributed by atoms with Gasteiger partial charge in [0.05, 0.1) is 0 Å². The Balaban J connectivity index is 1.70. The second kappa shape index (κ2) is 9.30. The van der Waals surface area contributed by atoms with Gasteiger partial charge in [-0.15, -0.1) is 0 Å². The van der Waals surface area contributed by atoms with Crippen molar-refractivity contribution < 1.29 is 5.11 Å². The maximum absolute atomic E-state index is 9.67. The number of piperazine rings is 1. The van der Waals surface area contributed by atoms with E-state index in [1.807, 2.05) is 13.1 Å². The van der Waals surface area contributed by atoms with Crippen molar-refractivity contribution in [2.24, 2.45) is 0 Å². The van der Waals surface area contributed by atoms with Gasteiger partial charge in [-0.2, -0.15) is 0 Å². The lowest BCUT2D eigenvalue weighted by atomic mass is 9.97. The lowest BCUT2D eigenvalue weighted by Crippen LogP contribution is -2.59. The third-order valence-corrected chi connectivity index (χ3v) is 6.33. The Kier molecular flexibility index (Phi) is 7.06. The zero-order valence-electron chi connectivity index (χ0n) is 17.6. The minimum atomic E-state index is 0.253. The number of hydrogen-bond donors (Lipinski definition) is 1. The molecule has 2 fully saturated rings. The summed E-state index contributed by atoms with van der Waals surface area (Å²) >= 11 is 0. The molecule has 1 aromatic rings. The summed E-state index contributed by atoms with van der Waals surface area (Å²) in [6.45, 7) is 14.4. The third-order valence-electron chi connectivity index (χ3n) is 6.33. The van der Waals surface area contributed by atoms with E-state index in [1.54, 1.807) is 0 Å². The van der Waals surface area contributed by atoms with E-state index in [9.17, 15) is 5.11 Å². The van der Waals surface area contributed by atoms with Gasteiger partial charge in [-0.3, -0.25) is 4.90 Å². The minimum Gasteiger partial charge on any atom is -0.396 e. The number of likely N-dealkylation sites (tertiary alicyclic amines) is 1. The summed E-state index contributed by atoms with van der Waals surface area (Å²) in [6, 6.07) is 1.69. The molecule has 1 N–H and O–H groups in total. The summed E-state index contributed by atoms with van der Waals surface area (Å²) in [7, 11) is 0. The molecule has 27 heavy (non-hydrogen) atoms. The first-order valence-corrected chi connectivity index (χ1v) is 10.7. The zero-order chi connectivity index (χ0) is 19.4. The molecular weight excluding hydrogens is 338 g/mol. The maximum atomic E-state index is 9.67. The van der Waals surface area contributed by atoms with Crippen LogP contribution in [-0.2, 0) is 6.42 Å². The Bertz CT molecular complexity index is 600. The minimum absolute atomic E-state index is 0.253. The Hall–Kier alpha value is -1.24. The normalized spacial score (nSPS) is 23.3. The predicted octanol–water partition coefficient (Wildman–Crippen LogP) is 2.09. The molecule has 0 radical (unpaired) electrons. The van der Waals surface area contributed by atoms with E-state index >= 15 is 0 Å². The average Bonchev–Trinajstić information content (AvgIpc) is 2.68. The Labute approximate surface area is 164 Å². The fourth-order valence-electron chi connectivity index (χ4n) is 4.69. The van der Waals surface area contributed by atoms with E-state index < -0.39 is 0 Å². The number of piperidine rings is 1. The first kappa shape index (κ1) is 20.5. The van der Waals surface area contributed by atoms with Gasteiger partial charge in [0.1, 0.15) is 11.6 Å². The van der Waals surface area contributed by atoms with E-state index in [-0.39, 0.29) is 6.61 Å². The molecule has 2 saturated heterocycles. The van der Waals surface area contributed by atoms with E-state index in [0.717, 1.165) is 44.1 Å². The number of aromatic nitrogens is 2. The van der Waals surface area contributed by atoms with Gasteiger partial charge >= 0.3 is 0 Å². The van der Waals surface area contributed by atoms with E-state index in [0.29, 0.717) is 18.1 Å². The van der Waals surface area contributed by atoms with E-state index in [2.05, 4.69) is 40.5 Å². The molecule has 0 unspecified atom stereocenters. The lowest BCUT2D eigenvalue weighted by molar-refractivity contribution is 0.0462. The fraction of sp³-hybridized carbons (Fsp3) is 0.810. The largest absolute Gasteiger partial charge is 0.396 e. The first-order chi connectivity index (χ1) is 13.0. The topological polar surface area (TPSA) is 55.7 Å². The standard InChI is InChI=1S/C21H37N5O/c1-5-18-14-22-17(4)23-21(18)25-11-12-26(20(15-25)8-13-27)19-6-9-24(10-7-19)16(2)3/h14,16,19-20,27H,5-13,15H2,1-4H3/t20-/m0/s1. The predicted molar refractivity (Wildman–Crippen MR) is 110 cm³/mol. The number of nitrogens with zero attached hydrogens (tertiary/aromatic N) is 5. The number of aliphatic hydroxyl groups is 1. The summed E-state index contributed by atoms with van der Waals surface area (Å²) in [5.74, 6) is 1.94. The van der Waals surface area contributed by atoms with Crippen molar-refractivity contribution in [1.29, 1.82) is 0 Å². The number of aryl methyl sites for hydroxylation is 2. The lowest BCUT2D eigenvalue weighted by Gasteiger charge is -2.48. The van der Waals surface area contributed by atoms with Crippen molar-refractivity contribution in [1.82, 2.24) is 19.8 Å². The molecule has 3 rings (SSSR count). The highest BCUT2D eigenvalue weighted by atomic mass is 16.3. The highest BCUT2D eigenvalue weighted by molar-refractivity contribution is 5.47. The second-order valence-corrected chi connectivity index (χ2v) is 8.33. The Morgan fingerprint density at radius 1 is 1.19 bits per heavy atom. The van der Waals surface area contributed by atoms with Gasteiger partial charge in [-0.25, -0.2) is 9.97 Å². The molecule has 0 bridgehead atoms. The summed E-state index contributed by atoms with van der Waals surface area (Å²) < 4.78 is 0. The number of rotatable bonds is 6. The summed E-state index contributed by atoms with van der Waals surface area (Å²) in [5.41, 5.74) is 1.22. The molecule has 0 aliphatic carbocycles. The van der Waals surface area contributed by atoms with Crippen LogP contribution in [0.2, 0.25) is 0 Å². The molecule has 0 amide bonds. The van der Waals surface area contributed by atoms with Crippen molar-refractivity contribution in [3.63, 3.8) is 0 Å². The van der Waals surface area contributed by atoms with Gasteiger partial charge in [0, 0.05) is 56.1 Å². The van der Waals surface area contributed by atoms with Gasteiger partial charge in [0.2, 0.25) is 0 Å². The van der Waals surface area contributed by atoms with Gasteiger partial charge in [-0.05, 0) is 59.5 Å². The summed E-state index contributed by atoms with van der Waals surface area (Å²) in [5, 5.41) is 9.67. The molecule has 0 saturated carbocycles. The molecule has 1 aromatic heterocycles. The summed E-state index contributed by atoms with van der Waals surface area (Å²) in [4.78, 5) is 16.8. The number of anilines is 1. The monoisotopic (exact) mass is 375 g/mol. The molecule has 0 spiro atoms. The molecular formula is C21H37N5O. The summed E-state index contributed by atoms with van der Waals surface area (Å²) in [6.07, 6.45) is 6.26. The van der Waals surface area contributed by atoms with Crippen LogP contribution >= 0.6 is 0 Å². The first-order valence-electron chi connectivity index (χ1n) is 10.7. The van der Waals surface area contributed by atoms with Crippen LogP contribution < -0.4 is 4.90 Å². The zero-order valence-corrected chi connectivity index (χ0v) is 17.6. The fourth-order valence-corrected chi connectivity index (χ4v) is 4.69. The molecule has 152 valence electrons. The van der Waals surface area contributed by atoms with Gasteiger partial charge in [0.25, 0.3) is 0 Å². The molecule has 1 atom stereocenters. The van der Waals surface area contributed by atoms with E-state index in [1.165, 1.54) is 31.5 Å². The number of aliphatic hydroxyl groups excluding tert-OH is 1. The van der Waals surface area contributed by atoms with Crippen LogP contribution in [0.5, 0.6) is 0 Å². The van der Waals surface area contributed by atoms with Crippen LogP contribution in [0, 0.1) is 6.92 Å². The van der Waals surface area contributed by atoms with Gasteiger partial charge in [-0.1, -0.05) is 6.92 Å². The third kappa shape index (κ3) is 4.79. The van der Waals surface area contributed by atoms with Crippen molar-refractivity contribution in [2.45, 2.75) is 71.5 Å². The van der Waals surface area contributed by atoms with Crippen molar-refractivity contribution >= 4 is 5.82 Å². The van der Waals surface area contributed by atoms with Crippen LogP contribution in [0.4, 0.5) is 5.82 Å². The Morgan fingerprint density at radius 3 is 2.56 bits per heavy atom. The van der Waals surface area contributed by atoms with E-state index in [4.69, 9.17) is 4.98 Å². The van der Waals surface area contributed by atoms with Crippen LogP contribution in [0.25, 0.3) is 0 Å². The van der Waals surface area contributed by atoms with Crippen molar-refractivity contribution in [3.8, 4) is 0 Å². The smallest absolute Gasteiger partial charge is 0.135 e. The van der Waals surface area contributed by atoms with Gasteiger partial charge in [0.15, 0.2) is 0 Å². The highest BCUT2D eigenvalue weighted by Gasteiger charge is 2.34. The molecule has 6 heteroatoms. The van der Waals surface area contributed by atoms with Crippen LogP contribution in [0.3, 0.4) is 0 Å².